The Kier molecular flexibility index (Phi) is 5.33. The third kappa shape index (κ3) is 4.56. The predicted molar refractivity (Wildman–Crippen MR) is 79.6 cm³/mol. The van der Waals surface area contributed by atoms with Crippen molar-refractivity contribution in [2.24, 2.45) is 11.7 Å². The summed E-state index contributed by atoms with van der Waals surface area (Å²) in [5.41, 5.74) is 6.72. The SMILES string of the molecule is NC1CCC(C(=O)N[C@@H](Cc2ccccc2)C(=O)O)CC1. The summed E-state index contributed by atoms with van der Waals surface area (Å²) >= 11 is 0. The van der Waals surface area contributed by atoms with E-state index >= 15 is 0 Å². The number of aliphatic carboxylic acids is 1. The van der Waals surface area contributed by atoms with Gasteiger partial charge >= 0.3 is 5.97 Å². The molecule has 0 bridgehead atoms. The van der Waals surface area contributed by atoms with Gasteiger partial charge < -0.3 is 16.2 Å². The first kappa shape index (κ1) is 15.5. The first-order valence-electron chi connectivity index (χ1n) is 7.39. The second-order valence-electron chi connectivity index (χ2n) is 5.70. The van der Waals surface area contributed by atoms with Crippen molar-refractivity contribution in [3.63, 3.8) is 0 Å². The van der Waals surface area contributed by atoms with E-state index in [2.05, 4.69) is 5.32 Å². The van der Waals surface area contributed by atoms with E-state index in [1.165, 1.54) is 0 Å². The fraction of sp³-hybridized carbons (Fsp3) is 0.500. The van der Waals surface area contributed by atoms with E-state index in [4.69, 9.17) is 5.73 Å². The molecule has 2 rings (SSSR count). The van der Waals surface area contributed by atoms with Crippen molar-refractivity contribution in [3.8, 4) is 0 Å². The minimum atomic E-state index is -1.00. The summed E-state index contributed by atoms with van der Waals surface area (Å²) in [7, 11) is 0. The summed E-state index contributed by atoms with van der Waals surface area (Å²) in [6, 6.07) is 8.62. The largest absolute Gasteiger partial charge is 0.480 e. The zero-order chi connectivity index (χ0) is 15.2. The Bertz CT molecular complexity index is 482. The van der Waals surface area contributed by atoms with Gasteiger partial charge in [0.05, 0.1) is 0 Å². The van der Waals surface area contributed by atoms with Gasteiger partial charge in [-0.05, 0) is 31.2 Å². The maximum Gasteiger partial charge on any atom is 0.326 e. The van der Waals surface area contributed by atoms with Crippen LogP contribution in [0, 0.1) is 5.92 Å². The Morgan fingerprint density at radius 2 is 1.81 bits per heavy atom. The third-order valence-corrected chi connectivity index (χ3v) is 4.04. The Labute approximate surface area is 124 Å². The molecule has 0 heterocycles. The van der Waals surface area contributed by atoms with Crippen molar-refractivity contribution in [1.29, 1.82) is 0 Å². The smallest absolute Gasteiger partial charge is 0.326 e. The van der Waals surface area contributed by atoms with Gasteiger partial charge in [-0.3, -0.25) is 4.79 Å². The summed E-state index contributed by atoms with van der Waals surface area (Å²) in [6.45, 7) is 0. The van der Waals surface area contributed by atoms with Gasteiger partial charge in [0.15, 0.2) is 0 Å². The Balaban J connectivity index is 1.93. The molecular formula is C16H22N2O3. The summed E-state index contributed by atoms with van der Waals surface area (Å²) < 4.78 is 0. The van der Waals surface area contributed by atoms with Gasteiger partial charge in [-0.15, -0.1) is 0 Å². The lowest BCUT2D eigenvalue weighted by Gasteiger charge is -2.26. The maximum atomic E-state index is 12.2. The number of amides is 1. The average Bonchev–Trinajstić information content (AvgIpc) is 2.48. The molecule has 1 aliphatic carbocycles. The molecule has 0 saturated heterocycles. The van der Waals surface area contributed by atoms with Crippen LogP contribution in [-0.2, 0) is 16.0 Å². The van der Waals surface area contributed by atoms with Gasteiger partial charge in [0.1, 0.15) is 6.04 Å². The zero-order valence-electron chi connectivity index (χ0n) is 12.0. The van der Waals surface area contributed by atoms with Crippen molar-refractivity contribution in [1.82, 2.24) is 5.32 Å². The monoisotopic (exact) mass is 290 g/mol. The van der Waals surface area contributed by atoms with Crippen molar-refractivity contribution in [3.05, 3.63) is 35.9 Å². The number of carboxylic acids is 1. The van der Waals surface area contributed by atoms with Crippen LogP contribution in [0.4, 0.5) is 0 Å². The highest BCUT2D eigenvalue weighted by molar-refractivity contribution is 5.85. The lowest BCUT2D eigenvalue weighted by Crippen LogP contribution is -2.46. The molecule has 0 radical (unpaired) electrons. The van der Waals surface area contributed by atoms with E-state index in [0.29, 0.717) is 6.42 Å². The van der Waals surface area contributed by atoms with Gasteiger partial charge in [-0.25, -0.2) is 4.79 Å². The van der Waals surface area contributed by atoms with Crippen molar-refractivity contribution >= 4 is 11.9 Å². The maximum absolute atomic E-state index is 12.2. The molecule has 1 aliphatic rings. The van der Waals surface area contributed by atoms with Crippen LogP contribution >= 0.6 is 0 Å². The van der Waals surface area contributed by atoms with Crippen LogP contribution in [0.25, 0.3) is 0 Å². The molecule has 1 aromatic carbocycles. The van der Waals surface area contributed by atoms with E-state index < -0.39 is 12.0 Å². The number of rotatable bonds is 5. The summed E-state index contributed by atoms with van der Waals surface area (Å²) in [5.74, 6) is -1.27. The summed E-state index contributed by atoms with van der Waals surface area (Å²) in [6.07, 6.45) is 3.44. The fourth-order valence-corrected chi connectivity index (χ4v) is 2.72. The van der Waals surface area contributed by atoms with E-state index in [-0.39, 0.29) is 17.9 Å². The molecule has 21 heavy (non-hydrogen) atoms. The molecule has 1 atom stereocenters. The van der Waals surface area contributed by atoms with E-state index in [9.17, 15) is 14.7 Å². The number of hydrogen-bond acceptors (Lipinski definition) is 3. The highest BCUT2D eigenvalue weighted by Crippen LogP contribution is 2.23. The number of carbonyl (C=O) groups excluding carboxylic acids is 1. The first-order valence-corrected chi connectivity index (χ1v) is 7.39. The molecule has 4 N–H and O–H groups in total. The van der Waals surface area contributed by atoms with E-state index in [1.54, 1.807) is 0 Å². The molecule has 5 nitrogen and oxygen atoms in total. The van der Waals surface area contributed by atoms with Crippen molar-refractivity contribution < 1.29 is 14.7 Å². The molecule has 1 amide bonds. The minimum absolute atomic E-state index is 0.109. The zero-order valence-corrected chi connectivity index (χ0v) is 12.0. The van der Waals surface area contributed by atoms with Gasteiger partial charge in [0.2, 0.25) is 5.91 Å². The van der Waals surface area contributed by atoms with Crippen molar-refractivity contribution in [2.45, 2.75) is 44.2 Å². The molecule has 5 heteroatoms. The fourth-order valence-electron chi connectivity index (χ4n) is 2.72. The number of benzene rings is 1. The number of nitrogens with two attached hydrogens (primary N) is 1. The topological polar surface area (TPSA) is 92.4 Å². The van der Waals surface area contributed by atoms with Gasteiger partial charge in [-0.2, -0.15) is 0 Å². The number of carbonyl (C=O) groups is 2. The summed E-state index contributed by atoms with van der Waals surface area (Å²) in [5, 5.41) is 12.0. The van der Waals surface area contributed by atoms with Crippen LogP contribution < -0.4 is 11.1 Å². The molecule has 0 aliphatic heterocycles. The van der Waals surface area contributed by atoms with E-state index in [0.717, 1.165) is 31.2 Å². The molecule has 1 aromatic rings. The highest BCUT2D eigenvalue weighted by Gasteiger charge is 2.28. The molecule has 114 valence electrons. The number of carboxylic acid groups (broad SMARTS) is 1. The van der Waals surface area contributed by atoms with Crippen LogP contribution in [0.2, 0.25) is 0 Å². The standard InChI is InChI=1S/C16H22N2O3/c17-13-8-6-12(7-9-13)15(19)18-14(16(20)21)10-11-4-2-1-3-5-11/h1-5,12-14H,6-10,17H2,(H,18,19)(H,20,21)/t12?,13?,14-/m0/s1. The highest BCUT2D eigenvalue weighted by atomic mass is 16.4. The molecule has 0 spiro atoms. The number of hydrogen-bond donors (Lipinski definition) is 3. The van der Waals surface area contributed by atoms with Gasteiger partial charge in [0.25, 0.3) is 0 Å². The molecule has 1 saturated carbocycles. The average molecular weight is 290 g/mol. The van der Waals surface area contributed by atoms with Crippen molar-refractivity contribution in [2.75, 3.05) is 0 Å². The lowest BCUT2D eigenvalue weighted by atomic mass is 9.85. The normalized spacial score (nSPS) is 23.3. The third-order valence-electron chi connectivity index (χ3n) is 4.04. The minimum Gasteiger partial charge on any atom is -0.480 e. The molecule has 1 fully saturated rings. The number of nitrogens with one attached hydrogen (secondary N) is 1. The Hall–Kier alpha value is -1.88. The Morgan fingerprint density at radius 3 is 2.38 bits per heavy atom. The van der Waals surface area contributed by atoms with Gasteiger partial charge in [0, 0.05) is 18.4 Å². The van der Waals surface area contributed by atoms with Crippen LogP contribution in [-0.4, -0.2) is 29.1 Å². The lowest BCUT2D eigenvalue weighted by molar-refractivity contribution is -0.142. The molecular weight excluding hydrogens is 268 g/mol. The quantitative estimate of drug-likeness (QED) is 0.762. The first-order chi connectivity index (χ1) is 10.1. The summed E-state index contributed by atoms with van der Waals surface area (Å²) in [4.78, 5) is 23.5. The van der Waals surface area contributed by atoms with Crippen LogP contribution in [0.3, 0.4) is 0 Å². The Morgan fingerprint density at radius 1 is 1.19 bits per heavy atom. The van der Waals surface area contributed by atoms with Crippen LogP contribution in [0.15, 0.2) is 30.3 Å². The molecule has 0 aromatic heterocycles. The predicted octanol–water partition coefficient (Wildman–Crippen LogP) is 1.32. The van der Waals surface area contributed by atoms with Gasteiger partial charge in [-0.1, -0.05) is 30.3 Å². The second kappa shape index (κ2) is 7.22. The van der Waals surface area contributed by atoms with E-state index in [1.807, 2.05) is 30.3 Å². The van der Waals surface area contributed by atoms with Crippen LogP contribution in [0.1, 0.15) is 31.2 Å². The second-order valence-corrected chi connectivity index (χ2v) is 5.70. The molecule has 0 unspecified atom stereocenters. The van der Waals surface area contributed by atoms with Crippen LogP contribution in [0.5, 0.6) is 0 Å².